The minimum atomic E-state index is -0.914. The highest BCUT2D eigenvalue weighted by Gasteiger charge is 2.01. The Morgan fingerprint density at radius 2 is 1.32 bits per heavy atom. The van der Waals surface area contributed by atoms with Crippen molar-refractivity contribution in [3.8, 4) is 5.75 Å². The van der Waals surface area contributed by atoms with Crippen molar-refractivity contribution < 1.29 is 19.7 Å². The van der Waals surface area contributed by atoms with Gasteiger partial charge in [-0.2, -0.15) is 0 Å². The fraction of sp³-hybridized carbons (Fsp3) is 0.611. The molecule has 0 atom stereocenters. The molecule has 0 aliphatic heterocycles. The molecule has 0 heterocycles. The predicted octanol–water partition coefficient (Wildman–Crippen LogP) is 4.27. The molecule has 2 N–H and O–H groups in total. The molecule has 4 nitrogen and oxygen atoms in total. The van der Waals surface area contributed by atoms with Crippen LogP contribution in [0.2, 0.25) is 0 Å². The van der Waals surface area contributed by atoms with E-state index in [4.69, 9.17) is 14.9 Å². The number of rotatable bonds is 13. The van der Waals surface area contributed by atoms with Crippen LogP contribution in [-0.4, -0.2) is 29.4 Å². The molecular formula is C18H28O4. The van der Waals surface area contributed by atoms with Gasteiger partial charge in [-0.25, -0.2) is 4.79 Å². The standard InChI is InChI=1S/C18H28O4/c19-14-8-6-4-2-1-3-5-7-9-15-22-17-12-10-16(11-13-17)18(20)21/h10-13,19H,1-9,14-15H2,(H,20,21). The summed E-state index contributed by atoms with van der Waals surface area (Å²) < 4.78 is 5.60. The van der Waals surface area contributed by atoms with Gasteiger partial charge in [-0.3, -0.25) is 0 Å². The van der Waals surface area contributed by atoms with Crippen molar-refractivity contribution >= 4 is 5.97 Å². The number of aromatic carboxylic acids is 1. The van der Waals surface area contributed by atoms with Crippen molar-refractivity contribution in [1.82, 2.24) is 0 Å². The Hall–Kier alpha value is -1.55. The van der Waals surface area contributed by atoms with Crippen LogP contribution in [0.4, 0.5) is 0 Å². The Morgan fingerprint density at radius 1 is 0.818 bits per heavy atom. The third-order valence-electron chi connectivity index (χ3n) is 3.67. The minimum Gasteiger partial charge on any atom is -0.494 e. The molecule has 124 valence electrons. The summed E-state index contributed by atoms with van der Waals surface area (Å²) in [6, 6.07) is 6.54. The average molecular weight is 308 g/mol. The van der Waals surface area contributed by atoms with Crippen LogP contribution < -0.4 is 4.74 Å². The summed E-state index contributed by atoms with van der Waals surface area (Å²) in [5, 5.41) is 17.5. The van der Waals surface area contributed by atoms with Crippen molar-refractivity contribution in [1.29, 1.82) is 0 Å². The van der Waals surface area contributed by atoms with Gasteiger partial charge < -0.3 is 14.9 Å². The van der Waals surface area contributed by atoms with Crippen LogP contribution in [0.1, 0.15) is 68.1 Å². The number of ether oxygens (including phenoxy) is 1. The van der Waals surface area contributed by atoms with E-state index < -0.39 is 5.97 Å². The zero-order valence-corrected chi connectivity index (χ0v) is 13.3. The maximum absolute atomic E-state index is 10.7. The summed E-state index contributed by atoms with van der Waals surface area (Å²) in [6.07, 6.45) is 10.6. The zero-order chi connectivity index (χ0) is 16.0. The molecule has 0 saturated carbocycles. The normalized spacial score (nSPS) is 10.6. The lowest BCUT2D eigenvalue weighted by Gasteiger charge is -2.06. The minimum absolute atomic E-state index is 0.284. The van der Waals surface area contributed by atoms with Crippen LogP contribution in [0.5, 0.6) is 5.75 Å². The van der Waals surface area contributed by atoms with Gasteiger partial charge >= 0.3 is 5.97 Å². The van der Waals surface area contributed by atoms with Gasteiger partial charge in [0.25, 0.3) is 0 Å². The van der Waals surface area contributed by atoms with E-state index in [-0.39, 0.29) is 5.56 Å². The number of carboxylic acids is 1. The summed E-state index contributed by atoms with van der Waals surface area (Å²) in [4.78, 5) is 10.7. The molecule has 0 amide bonds. The molecule has 22 heavy (non-hydrogen) atoms. The van der Waals surface area contributed by atoms with E-state index in [1.54, 1.807) is 24.3 Å². The fourth-order valence-corrected chi connectivity index (χ4v) is 2.34. The van der Waals surface area contributed by atoms with E-state index in [0.717, 1.165) is 25.0 Å². The van der Waals surface area contributed by atoms with Crippen molar-refractivity contribution in [2.75, 3.05) is 13.2 Å². The first-order chi connectivity index (χ1) is 10.7. The van der Waals surface area contributed by atoms with Crippen LogP contribution in [0.15, 0.2) is 24.3 Å². The lowest BCUT2D eigenvalue weighted by atomic mass is 10.1. The first kappa shape index (κ1) is 18.5. The molecule has 1 aromatic carbocycles. The van der Waals surface area contributed by atoms with E-state index in [1.807, 2.05) is 0 Å². The maximum Gasteiger partial charge on any atom is 0.335 e. The molecule has 1 rings (SSSR count). The van der Waals surface area contributed by atoms with Gasteiger partial charge in [-0.15, -0.1) is 0 Å². The van der Waals surface area contributed by atoms with Gasteiger partial charge in [0.2, 0.25) is 0 Å². The first-order valence-corrected chi connectivity index (χ1v) is 8.31. The molecule has 0 aliphatic carbocycles. The largest absolute Gasteiger partial charge is 0.494 e. The van der Waals surface area contributed by atoms with E-state index in [9.17, 15) is 4.79 Å². The van der Waals surface area contributed by atoms with Gasteiger partial charge in [-0.05, 0) is 37.1 Å². The molecule has 0 fully saturated rings. The summed E-state index contributed by atoms with van der Waals surface area (Å²) >= 11 is 0. The number of aliphatic hydroxyl groups is 1. The summed E-state index contributed by atoms with van der Waals surface area (Å²) in [5.74, 6) is -0.184. The monoisotopic (exact) mass is 308 g/mol. The smallest absolute Gasteiger partial charge is 0.335 e. The quantitative estimate of drug-likeness (QED) is 0.534. The Morgan fingerprint density at radius 3 is 1.82 bits per heavy atom. The number of carboxylic acid groups (broad SMARTS) is 1. The maximum atomic E-state index is 10.7. The number of hydrogen-bond donors (Lipinski definition) is 2. The molecule has 4 heteroatoms. The molecule has 0 spiro atoms. The second kappa shape index (κ2) is 12.0. The Bertz CT molecular complexity index is 400. The summed E-state index contributed by atoms with van der Waals surface area (Å²) in [6.45, 7) is 1.00. The summed E-state index contributed by atoms with van der Waals surface area (Å²) in [7, 11) is 0. The van der Waals surface area contributed by atoms with Crippen LogP contribution in [0.3, 0.4) is 0 Å². The highest BCUT2D eigenvalue weighted by molar-refractivity contribution is 5.87. The third kappa shape index (κ3) is 8.67. The van der Waals surface area contributed by atoms with Gasteiger partial charge in [0, 0.05) is 6.61 Å². The Kier molecular flexibility index (Phi) is 10.1. The third-order valence-corrected chi connectivity index (χ3v) is 3.67. The fourth-order valence-electron chi connectivity index (χ4n) is 2.34. The predicted molar refractivity (Wildman–Crippen MR) is 87.5 cm³/mol. The lowest BCUT2D eigenvalue weighted by Crippen LogP contribution is -1.99. The van der Waals surface area contributed by atoms with Crippen molar-refractivity contribution in [3.05, 3.63) is 29.8 Å². The van der Waals surface area contributed by atoms with Crippen LogP contribution in [-0.2, 0) is 0 Å². The van der Waals surface area contributed by atoms with Gasteiger partial charge in [0.1, 0.15) is 5.75 Å². The second-order valence-electron chi connectivity index (χ2n) is 5.58. The highest BCUT2D eigenvalue weighted by Crippen LogP contribution is 2.14. The van der Waals surface area contributed by atoms with E-state index >= 15 is 0 Å². The van der Waals surface area contributed by atoms with Crippen LogP contribution in [0, 0.1) is 0 Å². The SMILES string of the molecule is O=C(O)c1ccc(OCCCCCCCCCCCO)cc1. The van der Waals surface area contributed by atoms with E-state index in [0.29, 0.717) is 13.2 Å². The molecular weight excluding hydrogens is 280 g/mol. The first-order valence-electron chi connectivity index (χ1n) is 8.31. The lowest BCUT2D eigenvalue weighted by molar-refractivity contribution is 0.0697. The number of unbranched alkanes of at least 4 members (excludes halogenated alkanes) is 8. The molecule has 0 aliphatic rings. The Balaban J connectivity index is 1.94. The van der Waals surface area contributed by atoms with Crippen LogP contribution in [0.25, 0.3) is 0 Å². The van der Waals surface area contributed by atoms with Gasteiger partial charge in [0.05, 0.1) is 12.2 Å². The molecule has 0 unspecified atom stereocenters. The summed E-state index contributed by atoms with van der Waals surface area (Å²) in [5.41, 5.74) is 0.284. The zero-order valence-electron chi connectivity index (χ0n) is 13.3. The van der Waals surface area contributed by atoms with E-state index in [2.05, 4.69) is 0 Å². The highest BCUT2D eigenvalue weighted by atomic mass is 16.5. The van der Waals surface area contributed by atoms with Gasteiger partial charge in [-0.1, -0.05) is 44.9 Å². The van der Waals surface area contributed by atoms with E-state index in [1.165, 1.54) is 38.5 Å². The van der Waals surface area contributed by atoms with Crippen LogP contribution >= 0.6 is 0 Å². The van der Waals surface area contributed by atoms with Crippen molar-refractivity contribution in [2.45, 2.75) is 57.8 Å². The number of benzene rings is 1. The average Bonchev–Trinajstić information content (AvgIpc) is 2.53. The topological polar surface area (TPSA) is 66.8 Å². The molecule has 1 aromatic rings. The molecule has 0 aromatic heterocycles. The number of aliphatic hydroxyl groups excluding tert-OH is 1. The number of hydrogen-bond acceptors (Lipinski definition) is 3. The van der Waals surface area contributed by atoms with Crippen molar-refractivity contribution in [2.24, 2.45) is 0 Å². The molecule has 0 saturated heterocycles. The molecule has 0 bridgehead atoms. The molecule has 0 radical (unpaired) electrons. The Labute approximate surface area is 133 Å². The number of carbonyl (C=O) groups is 1. The van der Waals surface area contributed by atoms with Crippen molar-refractivity contribution in [3.63, 3.8) is 0 Å². The second-order valence-corrected chi connectivity index (χ2v) is 5.58. The van der Waals surface area contributed by atoms with Gasteiger partial charge in [0.15, 0.2) is 0 Å².